The van der Waals surface area contributed by atoms with Crippen molar-refractivity contribution in [3.63, 3.8) is 0 Å². The van der Waals surface area contributed by atoms with Crippen LogP contribution in [0.3, 0.4) is 0 Å². The van der Waals surface area contributed by atoms with Gasteiger partial charge in [0.15, 0.2) is 6.61 Å². The Bertz CT molecular complexity index is 1130. The number of ether oxygens (including phenoxy) is 2. The van der Waals surface area contributed by atoms with Crippen LogP contribution in [0.5, 0.6) is 5.88 Å². The summed E-state index contributed by atoms with van der Waals surface area (Å²) in [6.07, 6.45) is -3.46. The topological polar surface area (TPSA) is 112 Å². The van der Waals surface area contributed by atoms with Gasteiger partial charge in [0, 0.05) is 30.0 Å². The molecule has 1 fully saturated rings. The van der Waals surface area contributed by atoms with Crippen LogP contribution in [-0.2, 0) is 10.3 Å². The number of aromatic nitrogens is 2. The van der Waals surface area contributed by atoms with Gasteiger partial charge in [-0.05, 0) is 18.2 Å². The molecule has 1 saturated carbocycles. The largest absolute Gasteiger partial charge is 0.470 e. The third kappa shape index (κ3) is 4.95. The molecule has 0 radical (unpaired) electrons. The first-order valence-corrected chi connectivity index (χ1v) is 10.3. The van der Waals surface area contributed by atoms with Crippen molar-refractivity contribution in [1.29, 1.82) is 0 Å². The average Bonchev–Trinajstić information content (AvgIpc) is 3.12. The molecule has 1 aliphatic heterocycles. The molecule has 3 atom stereocenters. The predicted octanol–water partition coefficient (Wildman–Crippen LogP) is 3.44. The highest BCUT2D eigenvalue weighted by atomic mass is 19.3. The highest BCUT2D eigenvalue weighted by Gasteiger charge is 2.60. The van der Waals surface area contributed by atoms with Gasteiger partial charge in [0.2, 0.25) is 5.88 Å². The van der Waals surface area contributed by atoms with Gasteiger partial charge in [-0.3, -0.25) is 4.79 Å². The lowest BCUT2D eigenvalue weighted by atomic mass is 9.76. The lowest BCUT2D eigenvalue weighted by molar-refractivity contribution is -0.00300. The van der Waals surface area contributed by atoms with Crippen LogP contribution in [0, 0.1) is 11.7 Å². The van der Waals surface area contributed by atoms with E-state index in [9.17, 15) is 31.1 Å². The van der Waals surface area contributed by atoms with Crippen LogP contribution in [0.25, 0.3) is 0 Å². The Kier molecular flexibility index (Phi) is 6.47. The second-order valence-electron chi connectivity index (χ2n) is 8.13. The quantitative estimate of drug-likeness (QED) is 0.560. The van der Waals surface area contributed by atoms with E-state index in [4.69, 9.17) is 10.5 Å². The first kappa shape index (κ1) is 24.5. The van der Waals surface area contributed by atoms with E-state index in [0.717, 1.165) is 24.5 Å². The minimum Gasteiger partial charge on any atom is -0.470 e. The molecule has 0 spiro atoms. The van der Waals surface area contributed by atoms with E-state index in [1.807, 2.05) is 0 Å². The van der Waals surface area contributed by atoms with Gasteiger partial charge in [-0.1, -0.05) is 0 Å². The molecule has 2 aromatic rings. The Morgan fingerprint density at radius 3 is 2.69 bits per heavy atom. The number of anilines is 1. The molecular formula is C21H19F6N5O3. The van der Waals surface area contributed by atoms with Crippen molar-refractivity contribution in [2.45, 2.75) is 36.8 Å². The molecule has 0 unspecified atom stereocenters. The number of alkyl halides is 5. The van der Waals surface area contributed by atoms with Gasteiger partial charge in [0.1, 0.15) is 29.8 Å². The number of benzene rings is 1. The molecule has 3 N–H and O–H groups in total. The predicted molar refractivity (Wildman–Crippen MR) is 110 cm³/mol. The number of halogens is 6. The normalized spacial score (nSPS) is 24.9. The Labute approximate surface area is 194 Å². The number of nitrogens with zero attached hydrogens (tertiary/aromatic N) is 3. The monoisotopic (exact) mass is 503 g/mol. The second kappa shape index (κ2) is 9.23. The summed E-state index contributed by atoms with van der Waals surface area (Å²) in [5.74, 6) is -6.36. The minimum atomic E-state index is -3.18. The third-order valence-corrected chi connectivity index (χ3v) is 5.77. The summed E-state index contributed by atoms with van der Waals surface area (Å²) in [4.78, 5) is 23.9. The van der Waals surface area contributed by atoms with Crippen LogP contribution in [0.4, 0.5) is 32.0 Å². The molecule has 1 amide bonds. The molecule has 14 heteroatoms. The van der Waals surface area contributed by atoms with Crippen LogP contribution in [0.2, 0.25) is 0 Å². The summed E-state index contributed by atoms with van der Waals surface area (Å²) < 4.78 is 91.9. The number of nitrogens with one attached hydrogen (secondary N) is 1. The fraction of sp³-hybridized carbons (Fsp3) is 0.429. The summed E-state index contributed by atoms with van der Waals surface area (Å²) in [5, 5.41) is 2.41. The molecular weight excluding hydrogens is 484 g/mol. The number of amidine groups is 1. The van der Waals surface area contributed by atoms with Gasteiger partial charge >= 0.3 is 0 Å². The van der Waals surface area contributed by atoms with Gasteiger partial charge in [0.05, 0.1) is 12.4 Å². The Hall–Kier alpha value is -3.58. The first-order chi connectivity index (χ1) is 16.5. The summed E-state index contributed by atoms with van der Waals surface area (Å²) in [6.45, 7) is -2.24. The smallest absolute Gasteiger partial charge is 0.283 e. The second-order valence-corrected chi connectivity index (χ2v) is 8.13. The summed E-state index contributed by atoms with van der Waals surface area (Å²) in [6, 6.07) is 2.64. The number of nitrogens with two attached hydrogens (primary N) is 1. The molecule has 188 valence electrons. The number of carbonyl (C=O) groups excluding carboxylic acids is 1. The van der Waals surface area contributed by atoms with Gasteiger partial charge in [-0.15, -0.1) is 0 Å². The summed E-state index contributed by atoms with van der Waals surface area (Å²) in [7, 11) is 0. The number of hydrogen-bond donors (Lipinski definition) is 2. The number of amides is 1. The zero-order chi connectivity index (χ0) is 25.4. The van der Waals surface area contributed by atoms with E-state index in [2.05, 4.69) is 25.0 Å². The van der Waals surface area contributed by atoms with Crippen molar-refractivity contribution in [2.24, 2.45) is 16.6 Å². The molecule has 4 rings (SSSR count). The fourth-order valence-electron chi connectivity index (χ4n) is 4.28. The van der Waals surface area contributed by atoms with Crippen LogP contribution in [-0.4, -0.2) is 53.6 Å². The molecule has 1 aromatic heterocycles. The summed E-state index contributed by atoms with van der Waals surface area (Å²) in [5.41, 5.74) is 2.92. The Balaban J connectivity index is 1.60. The van der Waals surface area contributed by atoms with Gasteiger partial charge in [-0.25, -0.2) is 41.3 Å². The molecule has 35 heavy (non-hydrogen) atoms. The zero-order valence-corrected chi connectivity index (χ0v) is 17.9. The highest BCUT2D eigenvalue weighted by molar-refractivity contribution is 6.02. The summed E-state index contributed by atoms with van der Waals surface area (Å²) >= 11 is 0. The zero-order valence-electron chi connectivity index (χ0n) is 17.9. The fourth-order valence-corrected chi connectivity index (χ4v) is 4.28. The number of hydrogen-bond acceptors (Lipinski definition) is 7. The van der Waals surface area contributed by atoms with E-state index in [0.29, 0.717) is 0 Å². The van der Waals surface area contributed by atoms with E-state index < -0.39 is 73.8 Å². The third-order valence-electron chi connectivity index (χ3n) is 5.77. The van der Waals surface area contributed by atoms with Crippen molar-refractivity contribution in [1.82, 2.24) is 9.97 Å². The van der Waals surface area contributed by atoms with Crippen molar-refractivity contribution in [2.75, 3.05) is 18.6 Å². The maximum absolute atomic E-state index is 14.9. The van der Waals surface area contributed by atoms with E-state index >= 15 is 0 Å². The number of fused-ring (bicyclic) bond motifs is 1. The Morgan fingerprint density at radius 2 is 2.03 bits per heavy atom. The van der Waals surface area contributed by atoms with Crippen molar-refractivity contribution < 1.29 is 40.6 Å². The van der Waals surface area contributed by atoms with E-state index in [1.54, 1.807) is 0 Å². The highest BCUT2D eigenvalue weighted by Crippen LogP contribution is 2.53. The van der Waals surface area contributed by atoms with Crippen LogP contribution in [0.1, 0.15) is 28.9 Å². The number of rotatable bonds is 7. The van der Waals surface area contributed by atoms with Crippen LogP contribution in [0.15, 0.2) is 35.6 Å². The number of carbonyl (C=O) groups is 1. The molecule has 2 heterocycles. The Morgan fingerprint density at radius 1 is 1.26 bits per heavy atom. The lowest BCUT2D eigenvalue weighted by Gasteiger charge is -2.40. The standard InChI is InChI=1S/C21H19F6N5O3/c22-9-21(12-4-20(26,27)5-15(12)35-19(28)32-21)11-3-10(1-2-13(11)23)31-18(33)14-6-30-17(7-29-14)34-8-16(24)25/h1-3,6-7,12,15-16H,4-5,8-9H2,(H2,28,32)(H,31,33)/t12-,15+,21+/m0/s1. The molecule has 0 saturated heterocycles. The first-order valence-electron chi connectivity index (χ1n) is 10.3. The van der Waals surface area contributed by atoms with Crippen molar-refractivity contribution in [3.8, 4) is 5.88 Å². The van der Waals surface area contributed by atoms with Gasteiger partial charge in [0.25, 0.3) is 24.3 Å². The maximum Gasteiger partial charge on any atom is 0.283 e. The number of aliphatic imine (C=N–C) groups is 1. The van der Waals surface area contributed by atoms with Crippen LogP contribution < -0.4 is 15.8 Å². The molecule has 1 aliphatic carbocycles. The van der Waals surface area contributed by atoms with Gasteiger partial charge < -0.3 is 20.5 Å². The minimum absolute atomic E-state index is 0.0133. The molecule has 1 aromatic carbocycles. The van der Waals surface area contributed by atoms with E-state index in [1.165, 1.54) is 6.07 Å². The molecule has 0 bridgehead atoms. The maximum atomic E-state index is 14.9. The van der Waals surface area contributed by atoms with E-state index in [-0.39, 0.29) is 22.8 Å². The molecule has 8 nitrogen and oxygen atoms in total. The van der Waals surface area contributed by atoms with Crippen molar-refractivity contribution >= 4 is 17.6 Å². The van der Waals surface area contributed by atoms with Crippen molar-refractivity contribution in [3.05, 3.63) is 47.7 Å². The molecule has 2 aliphatic rings. The lowest BCUT2D eigenvalue weighted by Crippen LogP contribution is -2.48. The average molecular weight is 503 g/mol. The SMILES string of the molecule is NC1=N[C@](CF)(c2cc(NC(=O)c3cnc(OCC(F)F)cn3)ccc2F)[C@H]2CC(F)(F)C[C@H]2O1. The van der Waals surface area contributed by atoms with Crippen LogP contribution >= 0.6 is 0 Å². The van der Waals surface area contributed by atoms with Gasteiger partial charge in [-0.2, -0.15) is 0 Å².